The molecule has 146 valence electrons. The van der Waals surface area contributed by atoms with Gasteiger partial charge in [-0.2, -0.15) is 18.4 Å². The van der Waals surface area contributed by atoms with E-state index in [4.69, 9.17) is 16.9 Å². The van der Waals surface area contributed by atoms with Crippen LogP contribution in [-0.2, 0) is 6.18 Å². The smallest absolute Gasteiger partial charge is 0.354 e. The molecule has 9 heteroatoms. The lowest BCUT2D eigenvalue weighted by Crippen LogP contribution is -2.35. The Morgan fingerprint density at radius 3 is 2.46 bits per heavy atom. The quantitative estimate of drug-likeness (QED) is 0.754. The standard InChI is InChI=1S/C19H16ClF3N4O/c20-16-10-15(19(21,22)23)12-25-17(16)26-6-1-7-27(9-8-26)18(28)14-4-2-13(11-24)3-5-14/h2-5,10,12H,1,6-9H2. The van der Waals surface area contributed by atoms with E-state index in [2.05, 4.69) is 4.98 Å². The van der Waals surface area contributed by atoms with Gasteiger partial charge in [0, 0.05) is 37.9 Å². The minimum absolute atomic E-state index is 0.0679. The fourth-order valence-corrected chi connectivity index (χ4v) is 3.31. The maximum atomic E-state index is 12.8. The summed E-state index contributed by atoms with van der Waals surface area (Å²) in [6.45, 7) is 1.82. The molecule has 2 heterocycles. The van der Waals surface area contributed by atoms with E-state index in [1.165, 1.54) is 0 Å². The fourth-order valence-electron chi connectivity index (χ4n) is 3.02. The first-order valence-electron chi connectivity index (χ1n) is 8.56. The van der Waals surface area contributed by atoms with Gasteiger partial charge in [0.05, 0.1) is 22.2 Å². The van der Waals surface area contributed by atoms with Gasteiger partial charge in [-0.05, 0) is 36.8 Å². The highest BCUT2D eigenvalue weighted by Gasteiger charge is 2.32. The summed E-state index contributed by atoms with van der Waals surface area (Å²) in [5, 5.41) is 8.78. The number of halogens is 4. The summed E-state index contributed by atoms with van der Waals surface area (Å²) in [5.74, 6) is 0.125. The molecule has 0 saturated carbocycles. The Hall–Kier alpha value is -2.79. The van der Waals surface area contributed by atoms with Gasteiger partial charge in [0.1, 0.15) is 5.82 Å². The molecule has 0 spiro atoms. The van der Waals surface area contributed by atoms with E-state index >= 15 is 0 Å². The van der Waals surface area contributed by atoms with Crippen molar-refractivity contribution >= 4 is 23.3 Å². The lowest BCUT2D eigenvalue weighted by molar-refractivity contribution is -0.137. The Bertz CT molecular complexity index is 909. The Morgan fingerprint density at radius 2 is 1.86 bits per heavy atom. The first-order valence-corrected chi connectivity index (χ1v) is 8.94. The van der Waals surface area contributed by atoms with E-state index in [0.717, 1.165) is 12.3 Å². The van der Waals surface area contributed by atoms with Crippen LogP contribution in [0.3, 0.4) is 0 Å². The van der Waals surface area contributed by atoms with Gasteiger partial charge in [-0.15, -0.1) is 0 Å². The Morgan fingerprint density at radius 1 is 1.14 bits per heavy atom. The zero-order chi connectivity index (χ0) is 20.3. The monoisotopic (exact) mass is 408 g/mol. The SMILES string of the molecule is N#Cc1ccc(C(=O)N2CCCN(c3ncc(C(F)(F)F)cc3Cl)CC2)cc1. The molecule has 1 saturated heterocycles. The molecule has 2 aromatic rings. The third-order valence-corrected chi connectivity index (χ3v) is 4.77. The second kappa shape index (κ2) is 8.07. The van der Waals surface area contributed by atoms with Crippen molar-refractivity contribution in [2.75, 3.05) is 31.1 Å². The van der Waals surface area contributed by atoms with Crippen molar-refractivity contribution in [1.82, 2.24) is 9.88 Å². The maximum Gasteiger partial charge on any atom is 0.417 e. The normalized spacial score (nSPS) is 15.1. The summed E-state index contributed by atoms with van der Waals surface area (Å²) in [5.41, 5.74) is 0.0634. The molecule has 28 heavy (non-hydrogen) atoms. The summed E-state index contributed by atoms with van der Waals surface area (Å²) < 4.78 is 38.3. The van der Waals surface area contributed by atoms with E-state index < -0.39 is 11.7 Å². The summed E-state index contributed by atoms with van der Waals surface area (Å²) in [6, 6.07) is 9.26. The first-order chi connectivity index (χ1) is 13.3. The topological polar surface area (TPSA) is 60.2 Å². The molecule has 0 N–H and O–H groups in total. The summed E-state index contributed by atoms with van der Waals surface area (Å²) >= 11 is 6.03. The van der Waals surface area contributed by atoms with Gasteiger partial charge in [0.2, 0.25) is 0 Å². The molecular formula is C19H16ClF3N4O. The van der Waals surface area contributed by atoms with Gasteiger partial charge in [-0.1, -0.05) is 11.6 Å². The van der Waals surface area contributed by atoms with Gasteiger partial charge < -0.3 is 9.80 Å². The average molecular weight is 409 g/mol. The third-order valence-electron chi connectivity index (χ3n) is 4.49. The highest BCUT2D eigenvalue weighted by molar-refractivity contribution is 6.33. The van der Waals surface area contributed by atoms with Crippen LogP contribution in [0.1, 0.15) is 27.9 Å². The number of anilines is 1. The molecule has 1 aliphatic heterocycles. The van der Waals surface area contributed by atoms with Crippen molar-refractivity contribution in [3.8, 4) is 6.07 Å². The number of alkyl halides is 3. The van der Waals surface area contributed by atoms with Crippen molar-refractivity contribution in [3.05, 3.63) is 58.2 Å². The van der Waals surface area contributed by atoms with E-state index in [1.54, 1.807) is 34.1 Å². The van der Waals surface area contributed by atoms with Crippen molar-refractivity contribution in [1.29, 1.82) is 5.26 Å². The largest absolute Gasteiger partial charge is 0.417 e. The summed E-state index contributed by atoms with van der Waals surface area (Å²) in [6.07, 6.45) is -3.11. The molecule has 0 atom stereocenters. The van der Waals surface area contributed by atoms with Crippen LogP contribution in [-0.4, -0.2) is 42.0 Å². The van der Waals surface area contributed by atoms with Crippen LogP contribution in [0.25, 0.3) is 0 Å². The molecule has 0 radical (unpaired) electrons. The predicted molar refractivity (Wildman–Crippen MR) is 98.1 cm³/mol. The average Bonchev–Trinajstić information content (AvgIpc) is 2.93. The van der Waals surface area contributed by atoms with Gasteiger partial charge in [0.25, 0.3) is 5.91 Å². The lowest BCUT2D eigenvalue weighted by atomic mass is 10.1. The van der Waals surface area contributed by atoms with Crippen LogP contribution in [0.2, 0.25) is 5.02 Å². The number of amides is 1. The van der Waals surface area contributed by atoms with E-state index in [0.29, 0.717) is 43.7 Å². The fraction of sp³-hybridized carbons (Fsp3) is 0.316. The van der Waals surface area contributed by atoms with E-state index in [-0.39, 0.29) is 16.7 Å². The number of aromatic nitrogens is 1. The minimum Gasteiger partial charge on any atom is -0.354 e. The molecule has 1 aromatic carbocycles. The van der Waals surface area contributed by atoms with Crippen LogP contribution in [0.15, 0.2) is 36.5 Å². The number of hydrogen-bond acceptors (Lipinski definition) is 4. The first kappa shape index (κ1) is 20.0. The van der Waals surface area contributed by atoms with Crippen LogP contribution in [0, 0.1) is 11.3 Å². The number of carbonyl (C=O) groups excluding carboxylic acids is 1. The Kier molecular flexibility index (Phi) is 5.75. The number of nitriles is 1. The van der Waals surface area contributed by atoms with Crippen LogP contribution < -0.4 is 4.90 Å². The highest BCUT2D eigenvalue weighted by atomic mass is 35.5. The molecule has 1 fully saturated rings. The molecule has 5 nitrogen and oxygen atoms in total. The van der Waals surface area contributed by atoms with E-state index in [1.807, 2.05) is 6.07 Å². The van der Waals surface area contributed by atoms with Crippen LogP contribution >= 0.6 is 11.6 Å². The second-order valence-corrected chi connectivity index (χ2v) is 6.76. The molecule has 3 rings (SSSR count). The third kappa shape index (κ3) is 4.37. The van der Waals surface area contributed by atoms with Gasteiger partial charge in [-0.25, -0.2) is 4.98 Å². The number of carbonyl (C=O) groups is 1. The zero-order valence-electron chi connectivity index (χ0n) is 14.7. The van der Waals surface area contributed by atoms with E-state index in [9.17, 15) is 18.0 Å². The number of rotatable bonds is 2. The minimum atomic E-state index is -4.50. The number of nitrogens with zero attached hydrogens (tertiary/aromatic N) is 4. The van der Waals surface area contributed by atoms with Gasteiger partial charge >= 0.3 is 6.18 Å². The molecule has 1 amide bonds. The van der Waals surface area contributed by atoms with Crippen LogP contribution in [0.4, 0.5) is 19.0 Å². The van der Waals surface area contributed by atoms with Gasteiger partial charge in [0.15, 0.2) is 0 Å². The summed E-state index contributed by atoms with van der Waals surface area (Å²) in [7, 11) is 0. The predicted octanol–water partition coefficient (Wildman–Crippen LogP) is 3.98. The molecular weight excluding hydrogens is 393 g/mol. The van der Waals surface area contributed by atoms with Crippen LogP contribution in [0.5, 0.6) is 0 Å². The highest BCUT2D eigenvalue weighted by Crippen LogP contribution is 2.33. The molecule has 0 aliphatic carbocycles. The molecule has 1 aliphatic rings. The lowest BCUT2D eigenvalue weighted by Gasteiger charge is -2.24. The Balaban J connectivity index is 1.71. The zero-order valence-corrected chi connectivity index (χ0v) is 15.5. The second-order valence-electron chi connectivity index (χ2n) is 6.35. The molecule has 1 aromatic heterocycles. The van der Waals surface area contributed by atoms with Crippen molar-refractivity contribution in [2.45, 2.75) is 12.6 Å². The Labute approximate surface area is 164 Å². The number of benzene rings is 1. The van der Waals surface area contributed by atoms with Gasteiger partial charge in [-0.3, -0.25) is 4.79 Å². The number of hydrogen-bond donors (Lipinski definition) is 0. The molecule has 0 bridgehead atoms. The maximum absolute atomic E-state index is 12.8. The summed E-state index contributed by atoms with van der Waals surface area (Å²) in [4.78, 5) is 20.0. The number of pyridine rings is 1. The van der Waals surface area contributed by atoms with Crippen molar-refractivity contribution in [3.63, 3.8) is 0 Å². The molecule has 0 unspecified atom stereocenters. The van der Waals surface area contributed by atoms with Crippen molar-refractivity contribution in [2.24, 2.45) is 0 Å². The van der Waals surface area contributed by atoms with Crippen molar-refractivity contribution < 1.29 is 18.0 Å².